The molecule has 1 aromatic carbocycles. The number of aliphatic hydroxyl groups is 1. The summed E-state index contributed by atoms with van der Waals surface area (Å²) in [6.07, 6.45) is 3.81. The van der Waals surface area contributed by atoms with Gasteiger partial charge in [0.15, 0.2) is 0 Å². The van der Waals surface area contributed by atoms with Crippen LogP contribution in [-0.4, -0.2) is 27.8 Å². The van der Waals surface area contributed by atoms with E-state index in [0.29, 0.717) is 17.6 Å². The molecule has 0 amide bonds. The average Bonchev–Trinajstić information content (AvgIpc) is 3.06. The molecule has 118 valence electrons. The molecule has 0 radical (unpaired) electrons. The number of aromatic amines is 1. The fraction of sp³-hybridized carbons (Fsp3) is 0.529. The van der Waals surface area contributed by atoms with Crippen LogP contribution >= 0.6 is 0 Å². The van der Waals surface area contributed by atoms with E-state index in [1.54, 1.807) is 6.07 Å². The van der Waals surface area contributed by atoms with Gasteiger partial charge in [-0.25, -0.2) is 0 Å². The van der Waals surface area contributed by atoms with Gasteiger partial charge < -0.3 is 14.8 Å². The Morgan fingerprint density at radius 2 is 2.36 bits per heavy atom. The van der Waals surface area contributed by atoms with E-state index in [1.165, 1.54) is 0 Å². The Bertz CT molecular complexity index is 705. The lowest BCUT2D eigenvalue weighted by Gasteiger charge is -2.18. The van der Waals surface area contributed by atoms with Gasteiger partial charge in [0, 0.05) is 13.0 Å². The molecule has 3 rings (SSSR count). The molecule has 1 saturated heterocycles. The van der Waals surface area contributed by atoms with Gasteiger partial charge >= 0.3 is 0 Å². The second-order valence-corrected chi connectivity index (χ2v) is 5.89. The molecule has 2 heterocycles. The highest BCUT2D eigenvalue weighted by molar-refractivity contribution is 5.78. The number of unbranched alkanes of at least 4 members (excludes halogenated alkanes) is 1. The minimum absolute atomic E-state index is 0.173. The Kier molecular flexibility index (Phi) is 4.55. The average molecular weight is 302 g/mol. The quantitative estimate of drug-likeness (QED) is 0.889. The maximum absolute atomic E-state index is 12.2. The molecule has 1 aliphatic heterocycles. The lowest BCUT2D eigenvalue weighted by atomic mass is 10.0. The SMILES string of the molecule is CCCCc1nc(=O)c2cc(C(O)C3CCCO3)ccc2[nH]1. The van der Waals surface area contributed by atoms with Crippen LogP contribution in [0.4, 0.5) is 0 Å². The third-order valence-electron chi connectivity index (χ3n) is 4.22. The zero-order valence-corrected chi connectivity index (χ0v) is 12.8. The fourth-order valence-corrected chi connectivity index (χ4v) is 2.93. The molecular weight excluding hydrogens is 280 g/mol. The number of benzene rings is 1. The van der Waals surface area contributed by atoms with Crippen LogP contribution in [0.1, 0.15) is 50.1 Å². The number of nitrogens with one attached hydrogen (secondary N) is 1. The molecule has 0 saturated carbocycles. The van der Waals surface area contributed by atoms with Gasteiger partial charge in [-0.3, -0.25) is 4.79 Å². The number of aromatic nitrogens is 2. The second kappa shape index (κ2) is 6.58. The molecule has 2 N–H and O–H groups in total. The van der Waals surface area contributed by atoms with Crippen molar-refractivity contribution in [1.82, 2.24) is 9.97 Å². The highest BCUT2D eigenvalue weighted by atomic mass is 16.5. The van der Waals surface area contributed by atoms with Crippen molar-refractivity contribution in [2.75, 3.05) is 6.61 Å². The zero-order valence-electron chi connectivity index (χ0n) is 12.8. The maximum atomic E-state index is 12.2. The lowest BCUT2D eigenvalue weighted by Crippen LogP contribution is -2.18. The fourth-order valence-electron chi connectivity index (χ4n) is 2.93. The highest BCUT2D eigenvalue weighted by Crippen LogP contribution is 2.27. The van der Waals surface area contributed by atoms with E-state index >= 15 is 0 Å². The molecule has 1 aromatic heterocycles. The third-order valence-corrected chi connectivity index (χ3v) is 4.22. The van der Waals surface area contributed by atoms with Crippen molar-refractivity contribution in [3.63, 3.8) is 0 Å². The largest absolute Gasteiger partial charge is 0.386 e. The van der Waals surface area contributed by atoms with E-state index < -0.39 is 6.10 Å². The van der Waals surface area contributed by atoms with Crippen molar-refractivity contribution in [3.05, 3.63) is 39.9 Å². The van der Waals surface area contributed by atoms with Crippen molar-refractivity contribution < 1.29 is 9.84 Å². The minimum atomic E-state index is -0.689. The molecule has 2 atom stereocenters. The maximum Gasteiger partial charge on any atom is 0.280 e. The van der Waals surface area contributed by atoms with Crippen LogP contribution < -0.4 is 5.56 Å². The molecule has 2 aromatic rings. The Balaban J connectivity index is 1.92. The molecular formula is C17H22N2O3. The van der Waals surface area contributed by atoms with E-state index in [1.807, 2.05) is 12.1 Å². The molecule has 0 spiro atoms. The first-order chi connectivity index (χ1) is 10.7. The third kappa shape index (κ3) is 3.05. The zero-order chi connectivity index (χ0) is 15.5. The minimum Gasteiger partial charge on any atom is -0.386 e. The predicted octanol–water partition coefficient (Wildman–Crippen LogP) is 2.48. The van der Waals surface area contributed by atoms with Gasteiger partial charge in [-0.05, 0) is 37.0 Å². The van der Waals surface area contributed by atoms with Gasteiger partial charge in [-0.2, -0.15) is 4.98 Å². The lowest BCUT2D eigenvalue weighted by molar-refractivity contribution is -0.00252. The van der Waals surface area contributed by atoms with Crippen molar-refractivity contribution in [1.29, 1.82) is 0 Å². The monoisotopic (exact) mass is 302 g/mol. The van der Waals surface area contributed by atoms with Crippen molar-refractivity contribution in [3.8, 4) is 0 Å². The van der Waals surface area contributed by atoms with Crippen molar-refractivity contribution >= 4 is 10.9 Å². The second-order valence-electron chi connectivity index (χ2n) is 5.89. The summed E-state index contributed by atoms with van der Waals surface area (Å²) in [6, 6.07) is 5.44. The first kappa shape index (κ1) is 15.2. The van der Waals surface area contributed by atoms with E-state index in [0.717, 1.165) is 43.4 Å². The summed E-state index contributed by atoms with van der Waals surface area (Å²) in [5.41, 5.74) is 1.25. The summed E-state index contributed by atoms with van der Waals surface area (Å²) >= 11 is 0. The van der Waals surface area contributed by atoms with Crippen LogP contribution in [0.25, 0.3) is 10.9 Å². The first-order valence-corrected chi connectivity index (χ1v) is 8.01. The number of aliphatic hydroxyl groups excluding tert-OH is 1. The van der Waals surface area contributed by atoms with Gasteiger partial charge in [0.25, 0.3) is 5.56 Å². The van der Waals surface area contributed by atoms with E-state index in [4.69, 9.17) is 4.74 Å². The number of rotatable bonds is 5. The van der Waals surface area contributed by atoms with Crippen LogP contribution in [0.15, 0.2) is 23.0 Å². The molecule has 1 fully saturated rings. The van der Waals surface area contributed by atoms with Crippen LogP contribution in [0.2, 0.25) is 0 Å². The number of nitrogens with zero attached hydrogens (tertiary/aromatic N) is 1. The first-order valence-electron chi connectivity index (χ1n) is 8.01. The van der Waals surface area contributed by atoms with Gasteiger partial charge in [0.05, 0.1) is 17.0 Å². The van der Waals surface area contributed by atoms with Gasteiger partial charge in [0.2, 0.25) is 0 Å². The van der Waals surface area contributed by atoms with Crippen molar-refractivity contribution in [2.45, 2.75) is 51.2 Å². The van der Waals surface area contributed by atoms with Crippen LogP contribution in [0, 0.1) is 0 Å². The molecule has 5 nitrogen and oxygen atoms in total. The Morgan fingerprint density at radius 1 is 1.50 bits per heavy atom. The Hall–Kier alpha value is -1.72. The standard InChI is InChI=1S/C17H22N2O3/c1-2-3-6-15-18-13-8-7-11(10-12(13)17(21)19-15)16(20)14-5-4-9-22-14/h7-8,10,14,16,20H,2-6,9H2,1H3,(H,18,19,21). The number of ether oxygens (including phenoxy) is 1. The molecule has 2 unspecified atom stereocenters. The van der Waals surface area contributed by atoms with Gasteiger partial charge in [0.1, 0.15) is 11.9 Å². The topological polar surface area (TPSA) is 75.2 Å². The number of fused-ring (bicyclic) bond motifs is 1. The number of hydrogen-bond donors (Lipinski definition) is 2. The molecule has 1 aliphatic rings. The van der Waals surface area contributed by atoms with Crippen LogP contribution in [0.3, 0.4) is 0 Å². The predicted molar refractivity (Wildman–Crippen MR) is 84.9 cm³/mol. The van der Waals surface area contributed by atoms with E-state index in [9.17, 15) is 9.90 Å². The summed E-state index contributed by atoms with van der Waals surface area (Å²) in [7, 11) is 0. The summed E-state index contributed by atoms with van der Waals surface area (Å²) in [5.74, 6) is 0.728. The molecule has 0 aliphatic carbocycles. The van der Waals surface area contributed by atoms with E-state index in [-0.39, 0.29) is 11.7 Å². The molecule has 0 bridgehead atoms. The normalized spacial score (nSPS) is 19.6. The summed E-state index contributed by atoms with van der Waals surface area (Å²) in [6.45, 7) is 2.80. The summed E-state index contributed by atoms with van der Waals surface area (Å²) in [5, 5.41) is 10.9. The van der Waals surface area contributed by atoms with Crippen molar-refractivity contribution in [2.24, 2.45) is 0 Å². The molecule has 22 heavy (non-hydrogen) atoms. The van der Waals surface area contributed by atoms with Crippen LogP contribution in [-0.2, 0) is 11.2 Å². The number of hydrogen-bond acceptors (Lipinski definition) is 4. The summed E-state index contributed by atoms with van der Waals surface area (Å²) in [4.78, 5) is 19.5. The Morgan fingerprint density at radius 3 is 3.09 bits per heavy atom. The van der Waals surface area contributed by atoms with E-state index in [2.05, 4.69) is 16.9 Å². The van der Waals surface area contributed by atoms with Crippen LogP contribution in [0.5, 0.6) is 0 Å². The highest BCUT2D eigenvalue weighted by Gasteiger charge is 2.25. The Labute approximate surface area is 129 Å². The van der Waals surface area contributed by atoms with Gasteiger partial charge in [-0.1, -0.05) is 19.4 Å². The van der Waals surface area contributed by atoms with Gasteiger partial charge in [-0.15, -0.1) is 0 Å². The molecule has 5 heteroatoms. The smallest absolute Gasteiger partial charge is 0.280 e. The summed E-state index contributed by atoms with van der Waals surface area (Å²) < 4.78 is 5.52. The number of aryl methyl sites for hydroxylation is 1. The number of H-pyrrole nitrogens is 1.